The Morgan fingerprint density at radius 2 is 1.71 bits per heavy atom. The van der Waals surface area contributed by atoms with Crippen molar-refractivity contribution >= 4 is 17.8 Å². The molecule has 0 spiro atoms. The quantitative estimate of drug-likeness (QED) is 0.582. The molecule has 0 N–H and O–H groups in total. The second-order valence-electron chi connectivity index (χ2n) is 6.69. The second kappa shape index (κ2) is 5.66. The Morgan fingerprint density at radius 3 is 2.19 bits per heavy atom. The zero-order valence-corrected chi connectivity index (χ0v) is 13.0. The van der Waals surface area contributed by atoms with Crippen molar-refractivity contribution in [2.24, 2.45) is 17.8 Å². The van der Waals surface area contributed by atoms with Gasteiger partial charge in [-0.25, -0.2) is 4.79 Å². The van der Waals surface area contributed by atoms with Crippen LogP contribution in [0.25, 0.3) is 0 Å². The highest BCUT2D eigenvalue weighted by Crippen LogP contribution is 2.52. The van der Waals surface area contributed by atoms with E-state index in [4.69, 9.17) is 9.47 Å². The van der Waals surface area contributed by atoms with Crippen molar-refractivity contribution in [2.45, 2.75) is 39.7 Å². The number of rotatable bonds is 4. The predicted octanol–water partition coefficient (Wildman–Crippen LogP) is 1.62. The van der Waals surface area contributed by atoms with Gasteiger partial charge in [0.05, 0.1) is 6.61 Å². The molecular formula is C15H23NO5. The molecule has 1 amide bonds. The summed E-state index contributed by atoms with van der Waals surface area (Å²) in [5, 5.41) is 0. The molecule has 0 aromatic heterocycles. The van der Waals surface area contributed by atoms with Gasteiger partial charge < -0.3 is 14.4 Å². The molecule has 118 valence electrons. The number of nitrogens with zero attached hydrogens (tertiary/aromatic N) is 1. The summed E-state index contributed by atoms with van der Waals surface area (Å²) in [7, 11) is 0. The Morgan fingerprint density at radius 1 is 1.14 bits per heavy atom. The molecule has 3 atom stereocenters. The second-order valence-corrected chi connectivity index (χ2v) is 6.69. The lowest BCUT2D eigenvalue weighted by atomic mass is 10.1. The van der Waals surface area contributed by atoms with E-state index in [-0.39, 0.29) is 42.7 Å². The van der Waals surface area contributed by atoms with Gasteiger partial charge in [0.15, 0.2) is 0 Å². The third kappa shape index (κ3) is 3.74. The number of amides is 1. The molecule has 1 heterocycles. The van der Waals surface area contributed by atoms with Crippen molar-refractivity contribution in [1.82, 2.24) is 4.90 Å². The topological polar surface area (TPSA) is 72.9 Å². The Labute approximate surface area is 124 Å². The lowest BCUT2D eigenvalue weighted by Gasteiger charge is -2.25. The molecule has 0 aromatic carbocycles. The molecule has 21 heavy (non-hydrogen) atoms. The fraction of sp³-hybridized carbons (Fsp3) is 0.800. The number of ketones is 1. The third-order valence-electron chi connectivity index (χ3n) is 3.84. The highest BCUT2D eigenvalue weighted by atomic mass is 16.6. The Kier molecular flexibility index (Phi) is 4.25. The summed E-state index contributed by atoms with van der Waals surface area (Å²) in [6, 6.07) is 0. The fourth-order valence-electron chi connectivity index (χ4n) is 2.95. The van der Waals surface area contributed by atoms with Crippen molar-refractivity contribution in [3.63, 3.8) is 0 Å². The molecular weight excluding hydrogens is 274 g/mol. The third-order valence-corrected chi connectivity index (χ3v) is 3.84. The molecule has 1 aliphatic carbocycles. The average Bonchev–Trinajstić information content (AvgIpc) is 2.82. The van der Waals surface area contributed by atoms with Crippen molar-refractivity contribution in [3.05, 3.63) is 0 Å². The van der Waals surface area contributed by atoms with Gasteiger partial charge in [0.25, 0.3) is 0 Å². The molecule has 2 aliphatic rings. The number of piperidine rings is 1. The summed E-state index contributed by atoms with van der Waals surface area (Å²) < 4.78 is 10.1. The summed E-state index contributed by atoms with van der Waals surface area (Å²) in [5.41, 5.74) is -0.511. The highest BCUT2D eigenvalue weighted by molar-refractivity contribution is 5.98. The fourth-order valence-corrected chi connectivity index (χ4v) is 2.95. The molecule has 1 saturated heterocycles. The van der Waals surface area contributed by atoms with E-state index in [0.717, 1.165) is 0 Å². The molecule has 2 rings (SSSR count). The van der Waals surface area contributed by atoms with Crippen molar-refractivity contribution in [3.8, 4) is 0 Å². The van der Waals surface area contributed by atoms with Gasteiger partial charge in [0.1, 0.15) is 17.8 Å². The van der Waals surface area contributed by atoms with E-state index < -0.39 is 11.6 Å². The van der Waals surface area contributed by atoms with E-state index in [0.29, 0.717) is 13.1 Å². The average molecular weight is 297 g/mol. The van der Waals surface area contributed by atoms with E-state index in [1.54, 1.807) is 11.8 Å². The maximum absolute atomic E-state index is 12.0. The molecule has 1 saturated carbocycles. The van der Waals surface area contributed by atoms with Gasteiger partial charge >= 0.3 is 12.1 Å². The maximum atomic E-state index is 12.0. The molecule has 0 radical (unpaired) electrons. The summed E-state index contributed by atoms with van der Waals surface area (Å²) in [6.07, 6.45) is -0.482. The van der Waals surface area contributed by atoms with Gasteiger partial charge in [0, 0.05) is 19.0 Å². The lowest BCUT2D eigenvalue weighted by Crippen LogP contribution is -2.37. The Hall–Kier alpha value is -1.59. The molecule has 0 bridgehead atoms. The number of Topliss-reactive ketones (excluding diaryl/α,β-unsaturated/α-hetero) is 1. The Balaban J connectivity index is 1.78. The summed E-state index contributed by atoms with van der Waals surface area (Å²) in [5.74, 6) is -0.254. The molecule has 6 heteroatoms. The van der Waals surface area contributed by atoms with Crippen LogP contribution in [-0.4, -0.2) is 48.0 Å². The zero-order chi connectivity index (χ0) is 15.8. The molecule has 1 unspecified atom stereocenters. The SMILES string of the molecule is CCOC(=O)CC(=O)C1[C@H]2CN(C(=O)OC(C)(C)C)C[C@@H]12. The lowest BCUT2D eigenvalue weighted by molar-refractivity contribution is -0.146. The minimum Gasteiger partial charge on any atom is -0.466 e. The minimum atomic E-state index is -0.511. The molecule has 6 nitrogen and oxygen atoms in total. The van der Waals surface area contributed by atoms with Crippen molar-refractivity contribution in [1.29, 1.82) is 0 Å². The van der Waals surface area contributed by atoms with Crippen LogP contribution in [0.3, 0.4) is 0 Å². The van der Waals surface area contributed by atoms with Crippen LogP contribution in [-0.2, 0) is 19.1 Å². The van der Waals surface area contributed by atoms with E-state index in [1.807, 2.05) is 20.8 Å². The first-order valence-electron chi connectivity index (χ1n) is 7.39. The molecule has 2 fully saturated rings. The Bertz CT molecular complexity index is 441. The number of fused-ring (bicyclic) bond motifs is 1. The van der Waals surface area contributed by atoms with Gasteiger partial charge in [-0.05, 0) is 39.5 Å². The van der Waals surface area contributed by atoms with E-state index >= 15 is 0 Å². The number of esters is 1. The van der Waals surface area contributed by atoms with Crippen LogP contribution in [0.2, 0.25) is 0 Å². The standard InChI is InChI=1S/C15H23NO5/c1-5-20-12(18)6-11(17)13-9-7-16(8-10(9)13)14(19)21-15(2,3)4/h9-10,13H,5-8H2,1-4H3/t9-,10+,13?. The van der Waals surface area contributed by atoms with E-state index in [9.17, 15) is 14.4 Å². The van der Waals surface area contributed by atoms with Gasteiger partial charge in [0.2, 0.25) is 0 Å². The minimum absolute atomic E-state index is 0.0627. The van der Waals surface area contributed by atoms with Crippen LogP contribution in [0.5, 0.6) is 0 Å². The van der Waals surface area contributed by atoms with E-state index in [2.05, 4.69) is 0 Å². The van der Waals surface area contributed by atoms with Crippen LogP contribution >= 0.6 is 0 Å². The number of hydrogen-bond donors (Lipinski definition) is 0. The number of hydrogen-bond acceptors (Lipinski definition) is 5. The van der Waals surface area contributed by atoms with Gasteiger partial charge in [-0.3, -0.25) is 9.59 Å². The predicted molar refractivity (Wildman–Crippen MR) is 74.5 cm³/mol. The van der Waals surface area contributed by atoms with Crippen LogP contribution in [0.1, 0.15) is 34.1 Å². The van der Waals surface area contributed by atoms with Crippen molar-refractivity contribution < 1.29 is 23.9 Å². The summed E-state index contributed by atoms with van der Waals surface area (Å²) >= 11 is 0. The van der Waals surface area contributed by atoms with Crippen LogP contribution in [0.4, 0.5) is 4.79 Å². The largest absolute Gasteiger partial charge is 0.466 e. The number of carbonyl (C=O) groups excluding carboxylic acids is 3. The first kappa shape index (κ1) is 15.8. The first-order valence-corrected chi connectivity index (χ1v) is 7.39. The normalized spacial score (nSPS) is 27.0. The highest BCUT2D eigenvalue weighted by Gasteiger charge is 2.60. The van der Waals surface area contributed by atoms with E-state index in [1.165, 1.54) is 0 Å². The number of carbonyl (C=O) groups is 3. The maximum Gasteiger partial charge on any atom is 0.410 e. The molecule has 0 aromatic rings. The zero-order valence-electron chi connectivity index (χ0n) is 13.0. The van der Waals surface area contributed by atoms with Gasteiger partial charge in [-0.1, -0.05) is 0 Å². The smallest absolute Gasteiger partial charge is 0.410 e. The summed E-state index contributed by atoms with van der Waals surface area (Å²) in [4.78, 5) is 36.8. The van der Waals surface area contributed by atoms with Gasteiger partial charge in [-0.2, -0.15) is 0 Å². The summed E-state index contributed by atoms with van der Waals surface area (Å²) in [6.45, 7) is 8.56. The van der Waals surface area contributed by atoms with Crippen molar-refractivity contribution in [2.75, 3.05) is 19.7 Å². The first-order chi connectivity index (χ1) is 9.73. The van der Waals surface area contributed by atoms with Gasteiger partial charge in [-0.15, -0.1) is 0 Å². The van der Waals surface area contributed by atoms with Crippen LogP contribution < -0.4 is 0 Å². The van der Waals surface area contributed by atoms with Crippen LogP contribution in [0.15, 0.2) is 0 Å². The number of ether oxygens (including phenoxy) is 2. The molecule has 1 aliphatic heterocycles. The number of likely N-dealkylation sites (tertiary alicyclic amines) is 1. The van der Waals surface area contributed by atoms with Crippen LogP contribution in [0, 0.1) is 17.8 Å². The monoisotopic (exact) mass is 297 g/mol.